The number of para-hydroxylation sites is 1. The van der Waals surface area contributed by atoms with Crippen molar-refractivity contribution in [1.82, 2.24) is 0 Å². The number of nitrogens with two attached hydrogens (primary N) is 1. The molecule has 0 saturated heterocycles. The molecule has 0 aliphatic heterocycles. The van der Waals surface area contributed by atoms with Gasteiger partial charge in [-0.1, -0.05) is 17.7 Å². The molecule has 0 radical (unpaired) electrons. The quantitative estimate of drug-likeness (QED) is 0.645. The minimum Gasteiger partial charge on any atom is -0.397 e. The first-order valence-electron chi connectivity index (χ1n) is 6.93. The first-order chi connectivity index (χ1) is 9.77. The van der Waals surface area contributed by atoms with Gasteiger partial charge in [-0.15, -0.1) is 0 Å². The number of nitrogen functional groups attached to an aromatic ring is 1. The number of halogens is 1. The third kappa shape index (κ3) is 2.44. The Morgan fingerprint density at radius 3 is 1.90 bits per heavy atom. The zero-order valence-corrected chi connectivity index (χ0v) is 13.9. The lowest BCUT2D eigenvalue weighted by atomic mass is 9.86. The van der Waals surface area contributed by atoms with Crippen LogP contribution in [0.5, 0.6) is 0 Å². The second kappa shape index (κ2) is 5.53. The van der Waals surface area contributed by atoms with Crippen molar-refractivity contribution >= 4 is 23.1 Å². The molecule has 110 valence electrons. The fraction of sp³-hybridized carbons (Fsp3) is 0.278. The normalized spacial score (nSPS) is 10.8. The van der Waals surface area contributed by atoms with E-state index in [0.717, 1.165) is 27.8 Å². The maximum Gasteiger partial charge on any atom is 0.195 e. The number of ketones is 1. The molecule has 2 aromatic carbocycles. The van der Waals surface area contributed by atoms with Crippen LogP contribution in [0.15, 0.2) is 18.2 Å². The van der Waals surface area contributed by atoms with Gasteiger partial charge in [0.1, 0.15) is 0 Å². The number of hydrogen-bond donors (Lipinski definition) is 1. The van der Waals surface area contributed by atoms with Gasteiger partial charge in [0.05, 0.1) is 10.7 Å². The molecule has 0 unspecified atom stereocenters. The molecule has 2 nitrogen and oxygen atoms in total. The van der Waals surface area contributed by atoms with E-state index in [1.807, 2.05) is 13.8 Å². The van der Waals surface area contributed by atoms with Crippen LogP contribution in [-0.2, 0) is 0 Å². The van der Waals surface area contributed by atoms with Crippen LogP contribution in [0, 0.1) is 34.6 Å². The Labute approximate surface area is 130 Å². The van der Waals surface area contributed by atoms with Crippen LogP contribution in [0.1, 0.15) is 43.7 Å². The van der Waals surface area contributed by atoms with Gasteiger partial charge in [0.15, 0.2) is 5.78 Å². The number of hydrogen-bond acceptors (Lipinski definition) is 2. The van der Waals surface area contributed by atoms with E-state index in [0.29, 0.717) is 16.3 Å². The van der Waals surface area contributed by atoms with Crippen molar-refractivity contribution < 1.29 is 4.79 Å². The van der Waals surface area contributed by atoms with Crippen LogP contribution in [0.4, 0.5) is 5.69 Å². The van der Waals surface area contributed by atoms with Gasteiger partial charge in [-0.25, -0.2) is 0 Å². The van der Waals surface area contributed by atoms with Crippen LogP contribution < -0.4 is 5.73 Å². The van der Waals surface area contributed by atoms with Crippen molar-refractivity contribution in [2.75, 3.05) is 5.73 Å². The van der Waals surface area contributed by atoms with E-state index in [-0.39, 0.29) is 5.78 Å². The van der Waals surface area contributed by atoms with Crippen LogP contribution >= 0.6 is 11.6 Å². The predicted octanol–water partition coefficient (Wildman–Crippen LogP) is 4.70. The Balaban J connectivity index is 2.73. The van der Waals surface area contributed by atoms with Gasteiger partial charge in [-0.2, -0.15) is 0 Å². The fourth-order valence-electron chi connectivity index (χ4n) is 2.71. The van der Waals surface area contributed by atoms with E-state index < -0.39 is 0 Å². The highest BCUT2D eigenvalue weighted by molar-refractivity contribution is 6.34. The van der Waals surface area contributed by atoms with Crippen molar-refractivity contribution in [3.05, 3.63) is 62.2 Å². The van der Waals surface area contributed by atoms with E-state index in [9.17, 15) is 4.79 Å². The molecule has 0 aliphatic carbocycles. The van der Waals surface area contributed by atoms with Crippen molar-refractivity contribution in [2.45, 2.75) is 34.6 Å². The van der Waals surface area contributed by atoms with E-state index in [4.69, 9.17) is 17.3 Å². The average molecular weight is 302 g/mol. The molecule has 0 fully saturated rings. The maximum absolute atomic E-state index is 12.9. The summed E-state index contributed by atoms with van der Waals surface area (Å²) in [6, 6.07) is 5.18. The van der Waals surface area contributed by atoms with Crippen molar-refractivity contribution in [3.8, 4) is 0 Å². The minimum absolute atomic E-state index is 0.0591. The van der Waals surface area contributed by atoms with Crippen molar-refractivity contribution in [1.29, 1.82) is 0 Å². The molecule has 2 N–H and O–H groups in total. The van der Waals surface area contributed by atoms with Gasteiger partial charge < -0.3 is 5.73 Å². The fourth-order valence-corrected chi connectivity index (χ4v) is 2.88. The lowest BCUT2D eigenvalue weighted by molar-refractivity contribution is 0.103. The van der Waals surface area contributed by atoms with Gasteiger partial charge in [-0.05, 0) is 74.6 Å². The topological polar surface area (TPSA) is 43.1 Å². The monoisotopic (exact) mass is 301 g/mol. The lowest BCUT2D eigenvalue weighted by Gasteiger charge is -2.18. The largest absolute Gasteiger partial charge is 0.397 e. The number of rotatable bonds is 2. The molecule has 0 aromatic heterocycles. The second-order valence-electron chi connectivity index (χ2n) is 5.53. The summed E-state index contributed by atoms with van der Waals surface area (Å²) in [6.07, 6.45) is 0. The molecule has 0 atom stereocenters. The molecule has 0 amide bonds. The summed E-state index contributed by atoms with van der Waals surface area (Å²) in [5.74, 6) is -0.0591. The Bertz CT molecular complexity index is 718. The highest BCUT2D eigenvalue weighted by Gasteiger charge is 2.21. The van der Waals surface area contributed by atoms with Gasteiger partial charge >= 0.3 is 0 Å². The number of carbonyl (C=O) groups excluding carboxylic acids is 1. The zero-order valence-electron chi connectivity index (χ0n) is 13.1. The maximum atomic E-state index is 12.9. The summed E-state index contributed by atoms with van der Waals surface area (Å²) in [6.45, 7) is 10.2. The molecular formula is C18H20ClNO. The summed E-state index contributed by atoms with van der Waals surface area (Å²) in [5, 5.41) is 0.414. The summed E-state index contributed by atoms with van der Waals surface area (Å²) in [4.78, 5) is 12.9. The summed E-state index contributed by atoms with van der Waals surface area (Å²) in [7, 11) is 0. The molecular weight excluding hydrogens is 282 g/mol. The van der Waals surface area contributed by atoms with Gasteiger partial charge in [0.25, 0.3) is 0 Å². The van der Waals surface area contributed by atoms with E-state index in [2.05, 4.69) is 20.8 Å². The standard InChI is InChI=1S/C18H20ClNO/c1-9-10(2)12(4)16(13(5)11(9)3)18(21)14-7-6-8-15(19)17(14)20/h6-8H,20H2,1-5H3. The van der Waals surface area contributed by atoms with Crippen LogP contribution in [0.25, 0.3) is 0 Å². The molecule has 0 saturated carbocycles. The lowest BCUT2D eigenvalue weighted by Crippen LogP contribution is -2.12. The van der Waals surface area contributed by atoms with E-state index in [1.54, 1.807) is 18.2 Å². The Morgan fingerprint density at radius 1 is 0.905 bits per heavy atom. The summed E-state index contributed by atoms with van der Waals surface area (Å²) < 4.78 is 0. The average Bonchev–Trinajstić information content (AvgIpc) is 2.46. The van der Waals surface area contributed by atoms with Gasteiger partial charge in [-0.3, -0.25) is 4.79 Å². The predicted molar refractivity (Wildman–Crippen MR) is 89.4 cm³/mol. The second-order valence-corrected chi connectivity index (χ2v) is 5.94. The highest BCUT2D eigenvalue weighted by Crippen LogP contribution is 2.31. The molecule has 0 spiro atoms. The molecule has 21 heavy (non-hydrogen) atoms. The molecule has 3 heteroatoms. The van der Waals surface area contributed by atoms with Crippen LogP contribution in [-0.4, -0.2) is 5.78 Å². The third-order valence-electron chi connectivity index (χ3n) is 4.52. The summed E-state index contributed by atoms with van der Waals surface area (Å²) in [5.41, 5.74) is 13.1. The van der Waals surface area contributed by atoms with E-state index >= 15 is 0 Å². The highest BCUT2D eigenvalue weighted by atomic mass is 35.5. The first kappa shape index (κ1) is 15.6. The molecule has 2 rings (SSSR count). The zero-order chi connectivity index (χ0) is 15.9. The molecule has 0 aliphatic rings. The van der Waals surface area contributed by atoms with Crippen LogP contribution in [0.2, 0.25) is 5.02 Å². The number of benzene rings is 2. The number of carbonyl (C=O) groups is 1. The molecule has 0 heterocycles. The van der Waals surface area contributed by atoms with Gasteiger partial charge in [0, 0.05) is 11.1 Å². The smallest absolute Gasteiger partial charge is 0.195 e. The van der Waals surface area contributed by atoms with E-state index in [1.165, 1.54) is 5.56 Å². The SMILES string of the molecule is Cc1c(C)c(C)c(C(=O)c2cccc(Cl)c2N)c(C)c1C. The van der Waals surface area contributed by atoms with Crippen LogP contribution in [0.3, 0.4) is 0 Å². The Kier molecular flexibility index (Phi) is 4.11. The van der Waals surface area contributed by atoms with Crippen molar-refractivity contribution in [2.24, 2.45) is 0 Å². The third-order valence-corrected chi connectivity index (χ3v) is 4.85. The van der Waals surface area contributed by atoms with Gasteiger partial charge in [0.2, 0.25) is 0 Å². The minimum atomic E-state index is -0.0591. The summed E-state index contributed by atoms with van der Waals surface area (Å²) >= 11 is 6.04. The van der Waals surface area contributed by atoms with Crippen molar-refractivity contribution in [3.63, 3.8) is 0 Å². The number of anilines is 1. The molecule has 2 aromatic rings. The Morgan fingerprint density at radius 2 is 1.38 bits per heavy atom. The molecule has 0 bridgehead atoms. The Hall–Kier alpha value is -1.80. The first-order valence-corrected chi connectivity index (χ1v) is 7.30.